The average molecular weight is 248 g/mol. The molecule has 0 unspecified atom stereocenters. The molecule has 1 amide bonds. The Hall–Kier alpha value is -1.84. The quantitative estimate of drug-likeness (QED) is 0.595. The van der Waals surface area contributed by atoms with Gasteiger partial charge in [-0.1, -0.05) is 30.3 Å². The van der Waals surface area contributed by atoms with Crippen LogP contribution in [0.25, 0.3) is 0 Å². The van der Waals surface area contributed by atoms with Crippen molar-refractivity contribution in [3.8, 4) is 0 Å². The highest BCUT2D eigenvalue weighted by atomic mass is 16.6. The van der Waals surface area contributed by atoms with E-state index in [0.29, 0.717) is 0 Å². The van der Waals surface area contributed by atoms with Gasteiger partial charge < -0.3 is 4.74 Å². The molecular formula is C14H20N2O2. The number of carbonyl (C=O) groups is 1. The molecule has 0 heterocycles. The minimum atomic E-state index is -0.512. The van der Waals surface area contributed by atoms with Crippen molar-refractivity contribution in [3.63, 3.8) is 0 Å². The van der Waals surface area contributed by atoms with Gasteiger partial charge in [0.15, 0.2) is 0 Å². The number of ether oxygens (including phenoxy) is 1. The van der Waals surface area contributed by atoms with Crippen LogP contribution in [0.15, 0.2) is 35.4 Å². The first-order chi connectivity index (χ1) is 8.29. The van der Waals surface area contributed by atoms with Gasteiger partial charge in [0.2, 0.25) is 0 Å². The highest BCUT2D eigenvalue weighted by Gasteiger charge is 2.19. The number of benzene rings is 1. The SMILES string of the molecule is CC(=NN(C)C(=O)OC(C)(C)C)c1ccccc1. The third-order valence-corrected chi connectivity index (χ3v) is 2.15. The fourth-order valence-corrected chi connectivity index (χ4v) is 1.33. The molecule has 1 aromatic carbocycles. The molecule has 0 atom stereocenters. The molecule has 0 aliphatic rings. The fourth-order valence-electron chi connectivity index (χ4n) is 1.33. The van der Waals surface area contributed by atoms with Crippen molar-refractivity contribution in [2.75, 3.05) is 7.05 Å². The van der Waals surface area contributed by atoms with Gasteiger partial charge in [0.05, 0.1) is 5.71 Å². The van der Waals surface area contributed by atoms with Gasteiger partial charge in [-0.25, -0.2) is 9.80 Å². The number of hydrazone groups is 1. The van der Waals surface area contributed by atoms with Crippen molar-refractivity contribution in [2.45, 2.75) is 33.3 Å². The second-order valence-corrected chi connectivity index (χ2v) is 5.06. The zero-order chi connectivity index (χ0) is 13.8. The average Bonchev–Trinajstić information content (AvgIpc) is 2.27. The molecule has 0 saturated carbocycles. The van der Waals surface area contributed by atoms with E-state index >= 15 is 0 Å². The molecule has 0 aromatic heterocycles. The van der Waals surface area contributed by atoms with Crippen molar-refractivity contribution in [1.82, 2.24) is 5.01 Å². The summed E-state index contributed by atoms with van der Waals surface area (Å²) >= 11 is 0. The standard InChI is InChI=1S/C14H20N2O2/c1-11(12-9-7-6-8-10-12)15-16(5)13(17)18-14(2,3)4/h6-10H,1-5H3. The summed E-state index contributed by atoms with van der Waals surface area (Å²) in [5.74, 6) is 0. The predicted molar refractivity (Wildman–Crippen MR) is 72.7 cm³/mol. The number of nitrogens with zero attached hydrogens (tertiary/aromatic N) is 2. The lowest BCUT2D eigenvalue weighted by molar-refractivity contribution is 0.0303. The van der Waals surface area contributed by atoms with Crippen molar-refractivity contribution in [3.05, 3.63) is 35.9 Å². The number of hydrogen-bond donors (Lipinski definition) is 0. The minimum Gasteiger partial charge on any atom is -0.442 e. The second kappa shape index (κ2) is 5.67. The minimum absolute atomic E-state index is 0.460. The summed E-state index contributed by atoms with van der Waals surface area (Å²) in [4.78, 5) is 11.7. The van der Waals surface area contributed by atoms with Gasteiger partial charge >= 0.3 is 6.09 Å². The molecule has 98 valence electrons. The van der Waals surface area contributed by atoms with Crippen LogP contribution in [0.4, 0.5) is 4.79 Å². The van der Waals surface area contributed by atoms with Crippen molar-refractivity contribution < 1.29 is 9.53 Å². The molecule has 0 radical (unpaired) electrons. The monoisotopic (exact) mass is 248 g/mol. The molecule has 0 aliphatic carbocycles. The Morgan fingerprint density at radius 3 is 2.28 bits per heavy atom. The first-order valence-electron chi connectivity index (χ1n) is 5.87. The van der Waals surface area contributed by atoms with E-state index in [-0.39, 0.29) is 0 Å². The van der Waals surface area contributed by atoms with Crippen LogP contribution in [0.2, 0.25) is 0 Å². The predicted octanol–water partition coefficient (Wildman–Crippen LogP) is 3.28. The first kappa shape index (κ1) is 14.2. The van der Waals surface area contributed by atoms with E-state index in [4.69, 9.17) is 4.74 Å². The van der Waals surface area contributed by atoms with Gasteiger partial charge in [-0.15, -0.1) is 0 Å². The molecule has 4 heteroatoms. The Kier molecular flexibility index (Phi) is 4.48. The van der Waals surface area contributed by atoms with E-state index in [1.54, 1.807) is 7.05 Å². The molecule has 4 nitrogen and oxygen atoms in total. The van der Waals surface area contributed by atoms with E-state index in [2.05, 4.69) is 5.10 Å². The van der Waals surface area contributed by atoms with Gasteiger partial charge in [-0.3, -0.25) is 0 Å². The lowest BCUT2D eigenvalue weighted by atomic mass is 10.1. The maximum Gasteiger partial charge on any atom is 0.430 e. The zero-order valence-electron chi connectivity index (χ0n) is 11.6. The molecule has 1 aromatic rings. The lowest BCUT2D eigenvalue weighted by Crippen LogP contribution is -2.31. The summed E-state index contributed by atoms with van der Waals surface area (Å²) in [7, 11) is 1.58. The smallest absolute Gasteiger partial charge is 0.430 e. The van der Waals surface area contributed by atoms with Crippen LogP contribution in [0.5, 0.6) is 0 Å². The molecule has 1 rings (SSSR count). The third-order valence-electron chi connectivity index (χ3n) is 2.15. The number of rotatable bonds is 2. The third kappa shape index (κ3) is 4.57. The van der Waals surface area contributed by atoms with Gasteiger partial charge in [0.25, 0.3) is 0 Å². The molecule has 0 saturated heterocycles. The van der Waals surface area contributed by atoms with Crippen LogP contribution in [0, 0.1) is 0 Å². The van der Waals surface area contributed by atoms with E-state index in [1.165, 1.54) is 5.01 Å². The van der Waals surface area contributed by atoms with Crippen molar-refractivity contribution in [2.24, 2.45) is 5.10 Å². The van der Waals surface area contributed by atoms with Crippen LogP contribution >= 0.6 is 0 Å². The van der Waals surface area contributed by atoms with Crippen LogP contribution in [-0.2, 0) is 4.74 Å². The normalized spacial score (nSPS) is 12.2. The van der Waals surface area contributed by atoms with Gasteiger partial charge in [0, 0.05) is 7.05 Å². The number of carbonyl (C=O) groups excluding carboxylic acids is 1. The van der Waals surface area contributed by atoms with Crippen LogP contribution in [0.1, 0.15) is 33.3 Å². The molecule has 0 N–H and O–H groups in total. The van der Waals surface area contributed by atoms with E-state index in [0.717, 1.165) is 11.3 Å². The summed E-state index contributed by atoms with van der Waals surface area (Å²) in [5, 5.41) is 5.42. The highest BCUT2D eigenvalue weighted by molar-refractivity contribution is 5.98. The van der Waals surface area contributed by atoms with Crippen molar-refractivity contribution in [1.29, 1.82) is 0 Å². The lowest BCUT2D eigenvalue weighted by Gasteiger charge is -2.22. The largest absolute Gasteiger partial charge is 0.442 e. The first-order valence-corrected chi connectivity index (χ1v) is 5.87. The highest BCUT2D eigenvalue weighted by Crippen LogP contribution is 2.10. The summed E-state index contributed by atoms with van der Waals surface area (Å²) in [5.41, 5.74) is 1.23. The Morgan fingerprint density at radius 1 is 1.22 bits per heavy atom. The van der Waals surface area contributed by atoms with Crippen LogP contribution in [-0.4, -0.2) is 29.5 Å². The Bertz CT molecular complexity index is 433. The van der Waals surface area contributed by atoms with Crippen LogP contribution in [0.3, 0.4) is 0 Å². The Morgan fingerprint density at radius 2 is 1.78 bits per heavy atom. The van der Waals surface area contributed by atoms with Gasteiger partial charge in [-0.2, -0.15) is 5.10 Å². The van der Waals surface area contributed by atoms with E-state index in [9.17, 15) is 4.79 Å². The van der Waals surface area contributed by atoms with Gasteiger partial charge in [-0.05, 0) is 33.3 Å². The maximum absolute atomic E-state index is 11.7. The second-order valence-electron chi connectivity index (χ2n) is 5.06. The molecule has 0 fully saturated rings. The topological polar surface area (TPSA) is 41.9 Å². The van der Waals surface area contributed by atoms with Gasteiger partial charge in [0.1, 0.15) is 5.60 Å². The zero-order valence-corrected chi connectivity index (χ0v) is 11.6. The summed E-state index contributed by atoms with van der Waals surface area (Å²) in [6, 6.07) is 9.70. The fraction of sp³-hybridized carbons (Fsp3) is 0.429. The Labute approximate surface area is 108 Å². The van der Waals surface area contributed by atoms with Crippen molar-refractivity contribution >= 4 is 11.8 Å². The summed E-state index contributed by atoms with van der Waals surface area (Å²) < 4.78 is 5.22. The molecular weight excluding hydrogens is 228 g/mol. The van der Waals surface area contributed by atoms with E-state index < -0.39 is 11.7 Å². The molecule has 0 bridgehead atoms. The molecule has 18 heavy (non-hydrogen) atoms. The summed E-state index contributed by atoms with van der Waals surface area (Å²) in [6.07, 6.45) is -0.460. The maximum atomic E-state index is 11.7. The number of hydrogen-bond acceptors (Lipinski definition) is 3. The molecule has 0 spiro atoms. The Balaban J connectivity index is 2.74. The summed E-state index contributed by atoms with van der Waals surface area (Å²) in [6.45, 7) is 7.34. The van der Waals surface area contributed by atoms with Crippen LogP contribution < -0.4 is 0 Å². The number of amides is 1. The van der Waals surface area contributed by atoms with E-state index in [1.807, 2.05) is 58.0 Å². The molecule has 0 aliphatic heterocycles.